The number of rotatable bonds is 2. The van der Waals surface area contributed by atoms with Gasteiger partial charge in [0.15, 0.2) is 0 Å². The van der Waals surface area contributed by atoms with Gasteiger partial charge in [-0.25, -0.2) is 4.98 Å². The zero-order chi connectivity index (χ0) is 9.97. The molecule has 0 bridgehead atoms. The van der Waals surface area contributed by atoms with Gasteiger partial charge in [-0.2, -0.15) is 0 Å². The summed E-state index contributed by atoms with van der Waals surface area (Å²) in [6.45, 7) is 4.24. The van der Waals surface area contributed by atoms with Gasteiger partial charge < -0.3 is 0 Å². The van der Waals surface area contributed by atoms with Gasteiger partial charge in [0.2, 0.25) is 0 Å². The second kappa shape index (κ2) is 3.74. The highest BCUT2D eigenvalue weighted by Gasteiger charge is 1.98. The topological polar surface area (TPSA) is 25.8 Å². The normalized spacial score (nSPS) is 10.7. The Bertz CT molecular complexity index is 406. The predicted octanol–water partition coefficient (Wildman–Crippen LogP) is 2.75. The van der Waals surface area contributed by atoms with Crippen LogP contribution in [0.2, 0.25) is 0 Å². The lowest BCUT2D eigenvalue weighted by Crippen LogP contribution is -1.91. The highest BCUT2D eigenvalue weighted by molar-refractivity contribution is 5.74. The van der Waals surface area contributed by atoms with Gasteiger partial charge in [0.25, 0.3) is 0 Å². The minimum atomic E-state index is 0.943. The molecule has 72 valence electrons. The fourth-order valence-electron chi connectivity index (χ4n) is 1.48. The average Bonchev–Trinajstić information content (AvgIpc) is 2.27. The van der Waals surface area contributed by atoms with Crippen LogP contribution in [0.15, 0.2) is 24.4 Å². The van der Waals surface area contributed by atoms with Crippen LogP contribution in [0, 0.1) is 0 Å². The summed E-state index contributed by atoms with van der Waals surface area (Å²) in [5.41, 5.74) is 4.38. The Labute approximate surface area is 84.0 Å². The Morgan fingerprint density at radius 3 is 2.64 bits per heavy atom. The molecule has 0 saturated heterocycles. The molecule has 1 heterocycles. The molecule has 1 aromatic heterocycles. The monoisotopic (exact) mass is 186 g/mol. The van der Waals surface area contributed by atoms with Crippen LogP contribution in [0.3, 0.4) is 0 Å². The predicted molar refractivity (Wildman–Crippen MR) is 58.3 cm³/mol. The Hall–Kier alpha value is -1.44. The lowest BCUT2D eigenvalue weighted by molar-refractivity contribution is 1.03. The van der Waals surface area contributed by atoms with Gasteiger partial charge in [-0.05, 0) is 30.5 Å². The number of benzene rings is 1. The lowest BCUT2D eigenvalue weighted by atomic mass is 10.1. The van der Waals surface area contributed by atoms with Crippen molar-refractivity contribution in [1.29, 1.82) is 0 Å². The van der Waals surface area contributed by atoms with Gasteiger partial charge in [-0.1, -0.05) is 19.9 Å². The van der Waals surface area contributed by atoms with E-state index in [1.54, 1.807) is 0 Å². The first-order valence-corrected chi connectivity index (χ1v) is 5.08. The quantitative estimate of drug-likeness (QED) is 0.720. The molecule has 0 aliphatic heterocycles. The highest BCUT2D eigenvalue weighted by Crippen LogP contribution is 2.12. The molecule has 0 spiro atoms. The van der Waals surface area contributed by atoms with E-state index in [1.807, 2.05) is 6.20 Å². The van der Waals surface area contributed by atoms with Gasteiger partial charge in [0, 0.05) is 6.20 Å². The zero-order valence-electron chi connectivity index (χ0n) is 8.62. The van der Waals surface area contributed by atoms with Gasteiger partial charge >= 0.3 is 0 Å². The molecule has 1 aromatic carbocycles. The molecule has 0 unspecified atom stereocenters. The van der Waals surface area contributed by atoms with Crippen molar-refractivity contribution in [3.63, 3.8) is 0 Å². The van der Waals surface area contributed by atoms with Crippen LogP contribution >= 0.6 is 0 Å². The van der Waals surface area contributed by atoms with E-state index in [4.69, 9.17) is 0 Å². The van der Waals surface area contributed by atoms with Crippen molar-refractivity contribution in [3.8, 4) is 0 Å². The van der Waals surface area contributed by atoms with Crippen LogP contribution in [-0.2, 0) is 12.8 Å². The molecular weight excluding hydrogens is 172 g/mol. The molecule has 0 saturated carbocycles. The van der Waals surface area contributed by atoms with E-state index in [9.17, 15) is 0 Å². The molecule has 0 fully saturated rings. The molecule has 0 aliphatic carbocycles. The van der Waals surface area contributed by atoms with Gasteiger partial charge in [-0.3, -0.25) is 4.98 Å². The van der Waals surface area contributed by atoms with Crippen molar-refractivity contribution in [2.24, 2.45) is 0 Å². The summed E-state index contributed by atoms with van der Waals surface area (Å²) in [7, 11) is 0. The lowest BCUT2D eigenvalue weighted by Gasteiger charge is -2.01. The molecule has 2 nitrogen and oxygen atoms in total. The first-order chi connectivity index (χ1) is 6.83. The van der Waals surface area contributed by atoms with Gasteiger partial charge in [-0.15, -0.1) is 0 Å². The first-order valence-electron chi connectivity index (χ1n) is 5.08. The molecule has 14 heavy (non-hydrogen) atoms. The Kier molecular flexibility index (Phi) is 2.44. The standard InChI is InChI=1S/C12H14N2/c1-3-9-5-6-11-12(7-9)13-8-10(4-2)14-11/h5-8H,3-4H2,1-2H3. The van der Waals surface area contributed by atoms with E-state index >= 15 is 0 Å². The summed E-state index contributed by atoms with van der Waals surface area (Å²) in [6.07, 6.45) is 3.85. The van der Waals surface area contributed by atoms with Crippen molar-refractivity contribution < 1.29 is 0 Å². The van der Waals surface area contributed by atoms with Crippen LogP contribution in [0.25, 0.3) is 11.0 Å². The third kappa shape index (κ3) is 1.60. The van der Waals surface area contributed by atoms with E-state index < -0.39 is 0 Å². The maximum absolute atomic E-state index is 4.51. The highest BCUT2D eigenvalue weighted by atomic mass is 14.8. The van der Waals surface area contributed by atoms with Crippen molar-refractivity contribution >= 4 is 11.0 Å². The largest absolute Gasteiger partial charge is 0.253 e. The number of fused-ring (bicyclic) bond motifs is 1. The van der Waals surface area contributed by atoms with Gasteiger partial charge in [0.1, 0.15) is 0 Å². The maximum Gasteiger partial charge on any atom is 0.0890 e. The van der Waals surface area contributed by atoms with Crippen LogP contribution < -0.4 is 0 Å². The molecule has 2 heteroatoms. The number of hydrogen-bond donors (Lipinski definition) is 0. The third-order valence-electron chi connectivity index (χ3n) is 2.43. The molecule has 0 atom stereocenters. The van der Waals surface area contributed by atoms with Crippen LogP contribution in [0.5, 0.6) is 0 Å². The fourth-order valence-corrected chi connectivity index (χ4v) is 1.48. The van der Waals surface area contributed by atoms with Crippen LogP contribution in [0.4, 0.5) is 0 Å². The smallest absolute Gasteiger partial charge is 0.0890 e. The summed E-state index contributed by atoms with van der Waals surface area (Å²) >= 11 is 0. The van der Waals surface area contributed by atoms with Crippen molar-refractivity contribution in [3.05, 3.63) is 35.7 Å². The van der Waals surface area contributed by atoms with E-state index in [0.29, 0.717) is 0 Å². The SMILES string of the molecule is CCc1ccc2nc(CC)cnc2c1. The summed E-state index contributed by atoms with van der Waals surface area (Å²) in [4.78, 5) is 8.90. The Morgan fingerprint density at radius 1 is 1.07 bits per heavy atom. The summed E-state index contributed by atoms with van der Waals surface area (Å²) in [5.74, 6) is 0. The third-order valence-corrected chi connectivity index (χ3v) is 2.43. The molecule has 0 radical (unpaired) electrons. The van der Waals surface area contributed by atoms with Crippen molar-refractivity contribution in [2.45, 2.75) is 26.7 Å². The molecule has 0 aliphatic rings. The van der Waals surface area contributed by atoms with Gasteiger partial charge in [0.05, 0.1) is 16.7 Å². The molecule has 0 N–H and O–H groups in total. The molecule has 2 aromatic rings. The van der Waals surface area contributed by atoms with Crippen LogP contribution in [-0.4, -0.2) is 9.97 Å². The zero-order valence-corrected chi connectivity index (χ0v) is 8.62. The van der Waals surface area contributed by atoms with E-state index in [1.165, 1.54) is 5.56 Å². The number of aryl methyl sites for hydroxylation is 2. The second-order valence-corrected chi connectivity index (χ2v) is 3.39. The molecule has 0 amide bonds. The second-order valence-electron chi connectivity index (χ2n) is 3.39. The average molecular weight is 186 g/mol. The van der Waals surface area contributed by atoms with E-state index in [-0.39, 0.29) is 0 Å². The Morgan fingerprint density at radius 2 is 1.93 bits per heavy atom. The number of aromatic nitrogens is 2. The minimum absolute atomic E-state index is 0.943. The van der Waals surface area contributed by atoms with Crippen LogP contribution in [0.1, 0.15) is 25.1 Å². The first kappa shape index (κ1) is 9.13. The fraction of sp³-hybridized carbons (Fsp3) is 0.333. The summed E-state index contributed by atoms with van der Waals surface area (Å²) in [6, 6.07) is 6.29. The minimum Gasteiger partial charge on any atom is -0.253 e. The molecular formula is C12H14N2. The number of hydrogen-bond acceptors (Lipinski definition) is 2. The Balaban J connectivity index is 2.57. The summed E-state index contributed by atoms with van der Waals surface area (Å²) < 4.78 is 0. The van der Waals surface area contributed by atoms with E-state index in [0.717, 1.165) is 29.6 Å². The van der Waals surface area contributed by atoms with E-state index in [2.05, 4.69) is 42.0 Å². The maximum atomic E-state index is 4.51. The summed E-state index contributed by atoms with van der Waals surface area (Å²) in [5, 5.41) is 0. The van der Waals surface area contributed by atoms with Crippen molar-refractivity contribution in [1.82, 2.24) is 9.97 Å². The number of nitrogens with zero attached hydrogens (tertiary/aromatic N) is 2. The molecule has 2 rings (SSSR count). The van der Waals surface area contributed by atoms with Crippen molar-refractivity contribution in [2.75, 3.05) is 0 Å².